The van der Waals surface area contributed by atoms with E-state index in [0.29, 0.717) is 18.7 Å². The Balaban J connectivity index is 1.40. The van der Waals surface area contributed by atoms with Crippen molar-refractivity contribution in [2.45, 2.75) is 0 Å². The lowest BCUT2D eigenvalue weighted by Crippen LogP contribution is -2.48. The average molecular weight is 362 g/mol. The summed E-state index contributed by atoms with van der Waals surface area (Å²) in [5.74, 6) is -0.256. The van der Waals surface area contributed by atoms with E-state index in [1.54, 1.807) is 30.7 Å². The van der Waals surface area contributed by atoms with Crippen molar-refractivity contribution in [2.75, 3.05) is 31.1 Å². The molecule has 1 saturated heterocycles. The lowest BCUT2D eigenvalue weighted by atomic mass is 10.1. The number of nitrogens with zero attached hydrogens (tertiary/aromatic N) is 4. The van der Waals surface area contributed by atoms with Gasteiger partial charge in [-0.3, -0.25) is 14.8 Å². The zero-order valence-corrected chi connectivity index (χ0v) is 14.8. The van der Waals surface area contributed by atoms with Crippen molar-refractivity contribution in [3.05, 3.63) is 78.5 Å². The largest absolute Gasteiger partial charge is 0.368 e. The molecule has 4 rings (SSSR count). The first-order valence-electron chi connectivity index (χ1n) is 8.87. The minimum atomic E-state index is -0.241. The molecule has 6 heteroatoms. The molecule has 3 heterocycles. The third-order valence-electron chi connectivity index (χ3n) is 4.73. The minimum absolute atomic E-state index is 0.0148. The van der Waals surface area contributed by atoms with Crippen LogP contribution < -0.4 is 4.90 Å². The first kappa shape index (κ1) is 17.1. The zero-order chi connectivity index (χ0) is 18.6. The second-order valence-electron chi connectivity index (χ2n) is 6.43. The highest BCUT2D eigenvalue weighted by Gasteiger charge is 2.22. The van der Waals surface area contributed by atoms with Gasteiger partial charge in [0.15, 0.2) is 0 Å². The molecule has 0 aliphatic carbocycles. The lowest BCUT2D eigenvalue weighted by Gasteiger charge is -2.36. The van der Waals surface area contributed by atoms with Crippen LogP contribution in [-0.4, -0.2) is 47.0 Å². The van der Waals surface area contributed by atoms with Gasteiger partial charge >= 0.3 is 0 Å². The van der Waals surface area contributed by atoms with Crippen LogP contribution in [0.5, 0.6) is 0 Å². The van der Waals surface area contributed by atoms with Gasteiger partial charge in [0.25, 0.3) is 5.91 Å². The Morgan fingerprint density at radius 1 is 0.926 bits per heavy atom. The number of carbonyl (C=O) groups is 1. The molecule has 27 heavy (non-hydrogen) atoms. The van der Waals surface area contributed by atoms with E-state index in [1.807, 2.05) is 29.2 Å². The van der Waals surface area contributed by atoms with Crippen molar-refractivity contribution in [3.63, 3.8) is 0 Å². The molecule has 3 aromatic rings. The molecule has 0 spiro atoms. The van der Waals surface area contributed by atoms with E-state index in [1.165, 1.54) is 12.1 Å². The monoisotopic (exact) mass is 362 g/mol. The summed E-state index contributed by atoms with van der Waals surface area (Å²) in [6, 6.07) is 13.9. The van der Waals surface area contributed by atoms with Crippen molar-refractivity contribution in [3.8, 4) is 11.3 Å². The van der Waals surface area contributed by atoms with Gasteiger partial charge < -0.3 is 9.80 Å². The van der Waals surface area contributed by atoms with Gasteiger partial charge in [0.1, 0.15) is 5.82 Å². The van der Waals surface area contributed by atoms with Crippen LogP contribution in [0.1, 0.15) is 10.4 Å². The molecule has 1 aromatic carbocycles. The number of carbonyl (C=O) groups excluding carboxylic acids is 1. The number of amides is 1. The molecule has 136 valence electrons. The van der Waals surface area contributed by atoms with Gasteiger partial charge in [0, 0.05) is 56.0 Å². The molecule has 5 nitrogen and oxygen atoms in total. The number of hydrogen-bond donors (Lipinski definition) is 0. The van der Waals surface area contributed by atoms with Gasteiger partial charge in [-0.15, -0.1) is 0 Å². The Morgan fingerprint density at radius 2 is 1.70 bits per heavy atom. The summed E-state index contributed by atoms with van der Waals surface area (Å²) >= 11 is 0. The summed E-state index contributed by atoms with van der Waals surface area (Å²) < 4.78 is 13.1. The first-order chi connectivity index (χ1) is 13.2. The molecular formula is C21H19FN4O. The van der Waals surface area contributed by atoms with Crippen LogP contribution in [0.3, 0.4) is 0 Å². The molecule has 0 radical (unpaired) electrons. The number of anilines is 1. The van der Waals surface area contributed by atoms with Crippen LogP contribution in [-0.2, 0) is 0 Å². The van der Waals surface area contributed by atoms with E-state index >= 15 is 0 Å². The number of aromatic nitrogens is 2. The highest BCUT2D eigenvalue weighted by atomic mass is 19.1. The summed E-state index contributed by atoms with van der Waals surface area (Å²) in [6.07, 6.45) is 5.09. The minimum Gasteiger partial charge on any atom is -0.368 e. The Labute approximate surface area is 157 Å². The maximum atomic E-state index is 13.1. The van der Waals surface area contributed by atoms with Crippen molar-refractivity contribution in [2.24, 2.45) is 0 Å². The lowest BCUT2D eigenvalue weighted by molar-refractivity contribution is 0.0746. The molecule has 1 amide bonds. The first-order valence-corrected chi connectivity index (χ1v) is 8.87. The van der Waals surface area contributed by atoms with Crippen LogP contribution in [0.25, 0.3) is 11.3 Å². The fourth-order valence-electron chi connectivity index (χ4n) is 3.21. The van der Waals surface area contributed by atoms with Crippen LogP contribution >= 0.6 is 0 Å². The predicted molar refractivity (Wildman–Crippen MR) is 102 cm³/mol. The van der Waals surface area contributed by atoms with E-state index in [4.69, 9.17) is 0 Å². The molecule has 2 aromatic heterocycles. The van der Waals surface area contributed by atoms with Crippen LogP contribution in [0.4, 0.5) is 10.1 Å². The van der Waals surface area contributed by atoms with E-state index in [-0.39, 0.29) is 11.7 Å². The summed E-state index contributed by atoms with van der Waals surface area (Å²) in [5, 5.41) is 0. The number of hydrogen-bond acceptors (Lipinski definition) is 4. The summed E-state index contributed by atoms with van der Waals surface area (Å²) in [6.45, 7) is 2.69. The van der Waals surface area contributed by atoms with E-state index in [2.05, 4.69) is 14.9 Å². The van der Waals surface area contributed by atoms with E-state index < -0.39 is 0 Å². The predicted octanol–water partition coefficient (Wildman–Crippen LogP) is 3.25. The molecule has 0 atom stereocenters. The molecular weight excluding hydrogens is 343 g/mol. The van der Waals surface area contributed by atoms with Gasteiger partial charge in [-0.05, 0) is 48.5 Å². The topological polar surface area (TPSA) is 49.3 Å². The Bertz CT molecular complexity index is 905. The maximum Gasteiger partial charge on any atom is 0.255 e. The standard InChI is InChI=1S/C21H19FN4O/c22-18-4-6-19(7-5-18)25-10-12-26(13-11-25)21(27)17-3-8-20(24-15-17)16-2-1-9-23-14-16/h1-9,14-15H,10-13H2. The van der Waals surface area contributed by atoms with Gasteiger partial charge in [-0.1, -0.05) is 0 Å². The van der Waals surface area contributed by atoms with Crippen molar-refractivity contribution in [1.29, 1.82) is 0 Å². The van der Waals surface area contributed by atoms with E-state index in [9.17, 15) is 9.18 Å². The smallest absolute Gasteiger partial charge is 0.255 e. The molecule has 0 N–H and O–H groups in total. The highest BCUT2D eigenvalue weighted by molar-refractivity contribution is 5.94. The van der Waals surface area contributed by atoms with Crippen molar-refractivity contribution < 1.29 is 9.18 Å². The summed E-state index contributed by atoms with van der Waals surface area (Å²) in [7, 11) is 0. The number of rotatable bonds is 3. The quantitative estimate of drug-likeness (QED) is 0.718. The average Bonchev–Trinajstić information content (AvgIpc) is 2.75. The number of pyridine rings is 2. The second-order valence-corrected chi connectivity index (χ2v) is 6.43. The molecule has 0 saturated carbocycles. The number of benzene rings is 1. The number of halogens is 1. The van der Waals surface area contributed by atoms with Crippen LogP contribution in [0.15, 0.2) is 67.1 Å². The van der Waals surface area contributed by atoms with Crippen molar-refractivity contribution in [1.82, 2.24) is 14.9 Å². The fourth-order valence-corrected chi connectivity index (χ4v) is 3.21. The molecule has 0 unspecified atom stereocenters. The third kappa shape index (κ3) is 3.79. The molecule has 1 aliphatic rings. The van der Waals surface area contributed by atoms with Crippen LogP contribution in [0.2, 0.25) is 0 Å². The second kappa shape index (κ2) is 7.53. The van der Waals surface area contributed by atoms with Crippen molar-refractivity contribution >= 4 is 11.6 Å². The Hall–Kier alpha value is -3.28. The summed E-state index contributed by atoms with van der Waals surface area (Å²) in [5.41, 5.74) is 3.27. The molecule has 1 aliphatic heterocycles. The maximum absolute atomic E-state index is 13.1. The zero-order valence-electron chi connectivity index (χ0n) is 14.8. The van der Waals surface area contributed by atoms with E-state index in [0.717, 1.165) is 30.0 Å². The van der Waals surface area contributed by atoms with Crippen LogP contribution in [0, 0.1) is 5.82 Å². The highest BCUT2D eigenvalue weighted by Crippen LogP contribution is 2.19. The molecule has 0 bridgehead atoms. The number of piperazine rings is 1. The van der Waals surface area contributed by atoms with Gasteiger partial charge in [-0.2, -0.15) is 0 Å². The summed E-state index contributed by atoms with van der Waals surface area (Å²) in [4.78, 5) is 25.2. The fraction of sp³-hybridized carbons (Fsp3) is 0.190. The SMILES string of the molecule is O=C(c1ccc(-c2cccnc2)nc1)N1CCN(c2ccc(F)cc2)CC1. The third-order valence-corrected chi connectivity index (χ3v) is 4.73. The van der Waals surface area contributed by atoms with Gasteiger partial charge in [0.05, 0.1) is 11.3 Å². The Kier molecular flexibility index (Phi) is 4.78. The normalized spacial score (nSPS) is 14.3. The molecule has 1 fully saturated rings. The van der Waals surface area contributed by atoms with Gasteiger partial charge in [0.2, 0.25) is 0 Å². The van der Waals surface area contributed by atoms with Gasteiger partial charge in [-0.25, -0.2) is 4.39 Å². The Morgan fingerprint density at radius 3 is 2.33 bits per heavy atom.